The van der Waals surface area contributed by atoms with Gasteiger partial charge >= 0.3 is 6.03 Å². The molecule has 0 aromatic heterocycles. The van der Waals surface area contributed by atoms with Gasteiger partial charge < -0.3 is 20.4 Å². The third-order valence-electron chi connectivity index (χ3n) is 4.42. The van der Waals surface area contributed by atoms with Crippen molar-refractivity contribution in [3.63, 3.8) is 0 Å². The van der Waals surface area contributed by atoms with E-state index in [0.29, 0.717) is 32.7 Å². The number of urea groups is 1. The summed E-state index contributed by atoms with van der Waals surface area (Å²) in [7, 11) is 3.49. The van der Waals surface area contributed by atoms with Crippen molar-refractivity contribution in [2.75, 3.05) is 46.8 Å². The Kier molecular flexibility index (Phi) is 8.03. The van der Waals surface area contributed by atoms with E-state index in [2.05, 4.69) is 0 Å². The first-order chi connectivity index (χ1) is 9.41. The zero-order valence-electron chi connectivity index (χ0n) is 13.6. The van der Waals surface area contributed by atoms with E-state index in [4.69, 9.17) is 5.73 Å². The van der Waals surface area contributed by atoms with E-state index < -0.39 is 5.41 Å². The molecule has 3 amide bonds. The molecule has 0 atom stereocenters. The monoisotopic (exact) mass is 320 g/mol. The lowest BCUT2D eigenvalue weighted by Crippen LogP contribution is -2.56. The molecular weight excluding hydrogens is 292 g/mol. The number of hydrogen-bond donors (Lipinski definition) is 1. The van der Waals surface area contributed by atoms with E-state index >= 15 is 0 Å². The van der Waals surface area contributed by atoms with E-state index in [1.165, 1.54) is 0 Å². The van der Waals surface area contributed by atoms with Crippen molar-refractivity contribution in [1.82, 2.24) is 14.7 Å². The van der Waals surface area contributed by atoms with E-state index in [0.717, 1.165) is 12.8 Å². The van der Waals surface area contributed by atoms with Gasteiger partial charge in [0.1, 0.15) is 0 Å². The molecule has 1 saturated heterocycles. The van der Waals surface area contributed by atoms with Gasteiger partial charge in [0.2, 0.25) is 5.91 Å². The van der Waals surface area contributed by atoms with E-state index in [9.17, 15) is 9.59 Å². The minimum Gasteiger partial charge on any atom is -0.339 e. The summed E-state index contributed by atoms with van der Waals surface area (Å²) in [4.78, 5) is 29.7. The minimum absolute atomic E-state index is 0. The molecule has 7 heteroatoms. The Labute approximate surface area is 134 Å². The van der Waals surface area contributed by atoms with Gasteiger partial charge in [0.05, 0.1) is 5.41 Å². The van der Waals surface area contributed by atoms with Gasteiger partial charge in [0, 0.05) is 46.8 Å². The van der Waals surface area contributed by atoms with E-state index in [1.807, 2.05) is 18.7 Å². The molecule has 21 heavy (non-hydrogen) atoms. The fourth-order valence-electron chi connectivity index (χ4n) is 2.65. The van der Waals surface area contributed by atoms with Crippen LogP contribution in [0.1, 0.15) is 26.7 Å². The van der Waals surface area contributed by atoms with Crippen molar-refractivity contribution in [2.45, 2.75) is 26.7 Å². The predicted molar refractivity (Wildman–Crippen MR) is 86.6 cm³/mol. The Morgan fingerprint density at radius 2 is 1.48 bits per heavy atom. The summed E-state index contributed by atoms with van der Waals surface area (Å²) in [6.07, 6.45) is 1.52. The number of carbonyl (C=O) groups excluding carboxylic acids is 2. The van der Waals surface area contributed by atoms with Gasteiger partial charge in [-0.05, 0) is 12.8 Å². The quantitative estimate of drug-likeness (QED) is 0.840. The maximum atomic E-state index is 12.7. The van der Waals surface area contributed by atoms with Crippen LogP contribution in [0.25, 0.3) is 0 Å². The molecule has 1 heterocycles. The Bertz CT molecular complexity index is 343. The van der Waals surface area contributed by atoms with Crippen LogP contribution in [0, 0.1) is 5.41 Å². The number of rotatable bonds is 4. The van der Waals surface area contributed by atoms with Gasteiger partial charge in [-0.2, -0.15) is 0 Å². The molecular formula is C14H29ClN4O2. The number of nitrogens with two attached hydrogens (primary N) is 1. The highest BCUT2D eigenvalue weighted by Gasteiger charge is 2.38. The summed E-state index contributed by atoms with van der Waals surface area (Å²) >= 11 is 0. The smallest absolute Gasteiger partial charge is 0.319 e. The number of carbonyl (C=O) groups is 2. The van der Waals surface area contributed by atoms with Gasteiger partial charge in [0.25, 0.3) is 0 Å². The number of hydrogen-bond acceptors (Lipinski definition) is 3. The van der Waals surface area contributed by atoms with Crippen LogP contribution in [0.2, 0.25) is 0 Å². The second-order valence-corrected chi connectivity index (χ2v) is 5.65. The summed E-state index contributed by atoms with van der Waals surface area (Å²) < 4.78 is 0. The number of halogens is 1. The van der Waals surface area contributed by atoms with Crippen molar-refractivity contribution in [3.8, 4) is 0 Å². The zero-order valence-corrected chi connectivity index (χ0v) is 14.4. The maximum absolute atomic E-state index is 12.7. The van der Waals surface area contributed by atoms with Gasteiger partial charge in [-0.1, -0.05) is 13.8 Å². The molecule has 1 aliphatic heterocycles. The molecule has 1 rings (SSSR count). The summed E-state index contributed by atoms with van der Waals surface area (Å²) in [5.41, 5.74) is 5.40. The average Bonchev–Trinajstić information content (AvgIpc) is 2.48. The summed E-state index contributed by atoms with van der Waals surface area (Å²) in [6, 6.07) is 0.00756. The standard InChI is InChI=1S/C14H28N4O2.ClH/c1-5-14(6-2,11-15)12(19)17-7-9-18(10-8-17)13(20)16(3)4;/h5-11,15H2,1-4H3;1H. The maximum Gasteiger partial charge on any atom is 0.319 e. The molecule has 0 radical (unpaired) electrons. The van der Waals surface area contributed by atoms with E-state index in [-0.39, 0.29) is 24.3 Å². The lowest BCUT2D eigenvalue weighted by atomic mass is 9.81. The van der Waals surface area contributed by atoms with Gasteiger partial charge in [0.15, 0.2) is 0 Å². The highest BCUT2D eigenvalue weighted by atomic mass is 35.5. The molecule has 6 nitrogen and oxygen atoms in total. The Morgan fingerprint density at radius 1 is 1.05 bits per heavy atom. The minimum atomic E-state index is -0.437. The average molecular weight is 321 g/mol. The second kappa shape index (κ2) is 8.44. The summed E-state index contributed by atoms with van der Waals surface area (Å²) in [6.45, 7) is 6.80. The molecule has 0 bridgehead atoms. The summed E-state index contributed by atoms with van der Waals surface area (Å²) in [5.74, 6) is 0.141. The second-order valence-electron chi connectivity index (χ2n) is 5.65. The van der Waals surface area contributed by atoms with Gasteiger partial charge in [-0.15, -0.1) is 12.4 Å². The van der Waals surface area contributed by atoms with Crippen LogP contribution in [-0.4, -0.2) is 73.5 Å². The van der Waals surface area contributed by atoms with Crippen molar-refractivity contribution >= 4 is 24.3 Å². The number of piperazine rings is 1. The largest absolute Gasteiger partial charge is 0.339 e. The first-order valence-electron chi connectivity index (χ1n) is 7.37. The third-order valence-corrected chi connectivity index (χ3v) is 4.42. The van der Waals surface area contributed by atoms with Gasteiger partial charge in [-0.3, -0.25) is 4.79 Å². The molecule has 0 aromatic carbocycles. The molecule has 1 aliphatic rings. The first kappa shape index (κ1) is 20.0. The Morgan fingerprint density at radius 3 is 1.81 bits per heavy atom. The van der Waals surface area contributed by atoms with Crippen molar-refractivity contribution < 1.29 is 9.59 Å². The molecule has 0 unspecified atom stereocenters. The lowest BCUT2D eigenvalue weighted by molar-refractivity contribution is -0.143. The van der Waals surface area contributed by atoms with Crippen LogP contribution >= 0.6 is 12.4 Å². The molecule has 2 N–H and O–H groups in total. The summed E-state index contributed by atoms with van der Waals surface area (Å²) in [5, 5.41) is 0. The van der Waals surface area contributed by atoms with Crippen LogP contribution in [0.4, 0.5) is 4.79 Å². The van der Waals surface area contributed by atoms with Crippen LogP contribution in [-0.2, 0) is 4.79 Å². The van der Waals surface area contributed by atoms with Gasteiger partial charge in [-0.25, -0.2) is 4.79 Å². The van der Waals surface area contributed by atoms with Crippen molar-refractivity contribution in [2.24, 2.45) is 11.1 Å². The number of amides is 3. The SMILES string of the molecule is CCC(CC)(CN)C(=O)N1CCN(C(=O)N(C)C)CC1.Cl. The van der Waals surface area contributed by atoms with Crippen molar-refractivity contribution in [1.29, 1.82) is 0 Å². The number of nitrogens with zero attached hydrogens (tertiary/aromatic N) is 3. The molecule has 124 valence electrons. The molecule has 0 spiro atoms. The van der Waals surface area contributed by atoms with Crippen molar-refractivity contribution in [3.05, 3.63) is 0 Å². The normalized spacial score (nSPS) is 15.5. The zero-order chi connectivity index (χ0) is 15.3. The lowest BCUT2D eigenvalue weighted by Gasteiger charge is -2.40. The molecule has 0 aliphatic carbocycles. The fourth-order valence-corrected chi connectivity index (χ4v) is 2.65. The molecule has 0 saturated carbocycles. The van der Waals surface area contributed by atoms with Crippen LogP contribution in [0.3, 0.4) is 0 Å². The first-order valence-corrected chi connectivity index (χ1v) is 7.37. The topological polar surface area (TPSA) is 69.9 Å². The predicted octanol–water partition coefficient (Wildman–Crippen LogP) is 0.999. The molecule has 0 aromatic rings. The Hall–Kier alpha value is -1.01. The highest BCUT2D eigenvalue weighted by Crippen LogP contribution is 2.28. The van der Waals surface area contributed by atoms with Crippen LogP contribution < -0.4 is 5.73 Å². The van der Waals surface area contributed by atoms with Crippen LogP contribution in [0.15, 0.2) is 0 Å². The fraction of sp³-hybridized carbons (Fsp3) is 0.857. The third kappa shape index (κ3) is 4.23. The Balaban J connectivity index is 0.00000400. The molecule has 1 fully saturated rings. The van der Waals surface area contributed by atoms with Crippen LogP contribution in [0.5, 0.6) is 0 Å². The highest BCUT2D eigenvalue weighted by molar-refractivity contribution is 5.85. The van der Waals surface area contributed by atoms with E-state index in [1.54, 1.807) is 23.9 Å².